The number of hydrogen-bond donors (Lipinski definition) is 0. The Hall–Kier alpha value is -0.690. The van der Waals surface area contributed by atoms with Crippen LogP contribution in [0.15, 0.2) is 45.9 Å². The van der Waals surface area contributed by atoms with E-state index in [-0.39, 0.29) is 0 Å². The highest BCUT2D eigenvalue weighted by Crippen LogP contribution is 2.51. The lowest BCUT2D eigenvalue weighted by Crippen LogP contribution is -2.03. The lowest BCUT2D eigenvalue weighted by molar-refractivity contribution is 0.928. The maximum Gasteiger partial charge on any atom is 0.0385 e. The number of hydrogen-bond acceptors (Lipinski definition) is 1. The molecule has 0 aromatic rings. The van der Waals surface area contributed by atoms with E-state index < -0.39 is 0 Å². The van der Waals surface area contributed by atoms with Gasteiger partial charge in [-0.15, -0.1) is 11.8 Å². The molecule has 0 N–H and O–H groups in total. The third-order valence-electron chi connectivity index (χ3n) is 3.19. The van der Waals surface area contributed by atoms with Crippen LogP contribution in [0.4, 0.5) is 0 Å². The largest absolute Gasteiger partial charge is 0.117 e. The van der Waals surface area contributed by atoms with Gasteiger partial charge in [-0.3, -0.25) is 0 Å². The summed E-state index contributed by atoms with van der Waals surface area (Å²) in [6.45, 7) is 2.30. The van der Waals surface area contributed by atoms with E-state index in [4.69, 9.17) is 0 Å². The zero-order valence-electron chi connectivity index (χ0n) is 8.42. The molecular weight excluding hydrogens is 188 g/mol. The van der Waals surface area contributed by atoms with Crippen LogP contribution in [-0.4, -0.2) is 5.25 Å². The van der Waals surface area contributed by atoms with Crippen molar-refractivity contribution < 1.29 is 0 Å². The van der Waals surface area contributed by atoms with Gasteiger partial charge in [0.15, 0.2) is 0 Å². The van der Waals surface area contributed by atoms with E-state index in [0.29, 0.717) is 5.25 Å². The van der Waals surface area contributed by atoms with Crippen LogP contribution in [0.3, 0.4) is 0 Å². The van der Waals surface area contributed by atoms with Gasteiger partial charge in [0.05, 0.1) is 0 Å². The minimum absolute atomic E-state index is 0.717. The van der Waals surface area contributed by atoms with Gasteiger partial charge >= 0.3 is 0 Å². The predicted molar refractivity (Wildman–Crippen MR) is 63.2 cm³/mol. The summed E-state index contributed by atoms with van der Waals surface area (Å²) in [5.74, 6) is 0. The SMILES string of the molecule is CC1=C2C(=CCC1)SC1CC=CC=C21. The van der Waals surface area contributed by atoms with E-state index in [1.165, 1.54) is 19.3 Å². The molecule has 1 saturated heterocycles. The molecular formula is C13H14S. The summed E-state index contributed by atoms with van der Waals surface area (Å²) in [4.78, 5) is 1.55. The van der Waals surface area contributed by atoms with Gasteiger partial charge in [-0.05, 0) is 37.3 Å². The minimum Gasteiger partial charge on any atom is -0.117 e. The van der Waals surface area contributed by atoms with Gasteiger partial charge in [0.1, 0.15) is 0 Å². The van der Waals surface area contributed by atoms with Crippen molar-refractivity contribution in [1.82, 2.24) is 0 Å². The second-order valence-electron chi connectivity index (χ2n) is 4.15. The van der Waals surface area contributed by atoms with Gasteiger partial charge < -0.3 is 0 Å². The molecule has 0 aromatic carbocycles. The van der Waals surface area contributed by atoms with Crippen LogP contribution in [0, 0.1) is 0 Å². The van der Waals surface area contributed by atoms with Crippen LogP contribution in [0.25, 0.3) is 0 Å². The average molecular weight is 202 g/mol. The first-order valence-electron chi connectivity index (χ1n) is 5.30. The number of allylic oxidation sites excluding steroid dienone is 6. The Kier molecular flexibility index (Phi) is 1.94. The molecule has 0 radical (unpaired) electrons. The van der Waals surface area contributed by atoms with Gasteiger partial charge in [-0.1, -0.05) is 29.9 Å². The monoisotopic (exact) mass is 202 g/mol. The molecule has 72 valence electrons. The fourth-order valence-corrected chi connectivity index (χ4v) is 3.93. The van der Waals surface area contributed by atoms with Gasteiger partial charge in [-0.2, -0.15) is 0 Å². The Morgan fingerprint density at radius 3 is 3.29 bits per heavy atom. The normalized spacial score (nSPS) is 29.6. The molecule has 1 heteroatoms. The quantitative estimate of drug-likeness (QED) is 0.572. The van der Waals surface area contributed by atoms with Crippen molar-refractivity contribution in [2.45, 2.75) is 31.4 Å². The summed E-state index contributed by atoms with van der Waals surface area (Å²) in [6.07, 6.45) is 12.9. The topological polar surface area (TPSA) is 0 Å². The highest BCUT2D eigenvalue weighted by Gasteiger charge is 2.32. The molecule has 1 atom stereocenters. The molecule has 1 fully saturated rings. The first-order valence-corrected chi connectivity index (χ1v) is 6.18. The standard InChI is InChI=1S/C13H14S/c1-9-5-4-8-12-13(9)10-6-2-3-7-11(10)14-12/h2-3,6,8,11H,4-5,7H2,1H3. The molecule has 0 spiro atoms. The van der Waals surface area contributed by atoms with Gasteiger partial charge in [0.2, 0.25) is 0 Å². The second-order valence-corrected chi connectivity index (χ2v) is 5.40. The highest BCUT2D eigenvalue weighted by atomic mass is 32.2. The van der Waals surface area contributed by atoms with Crippen LogP contribution < -0.4 is 0 Å². The van der Waals surface area contributed by atoms with E-state index in [1.807, 2.05) is 0 Å². The van der Waals surface area contributed by atoms with Crippen LogP contribution in [0.2, 0.25) is 0 Å². The van der Waals surface area contributed by atoms with E-state index in [0.717, 1.165) is 0 Å². The van der Waals surface area contributed by atoms with E-state index in [1.54, 1.807) is 21.6 Å². The zero-order valence-corrected chi connectivity index (χ0v) is 9.23. The van der Waals surface area contributed by atoms with Gasteiger partial charge in [-0.25, -0.2) is 0 Å². The molecule has 0 saturated carbocycles. The number of fused-ring (bicyclic) bond motifs is 3. The Labute approximate surface area is 89.5 Å². The first kappa shape index (κ1) is 8.60. The summed E-state index contributed by atoms with van der Waals surface area (Å²) in [7, 11) is 0. The molecule has 0 aromatic heterocycles. The van der Waals surface area contributed by atoms with Gasteiger partial charge in [0, 0.05) is 10.2 Å². The Morgan fingerprint density at radius 2 is 2.36 bits per heavy atom. The van der Waals surface area contributed by atoms with E-state index in [9.17, 15) is 0 Å². The lowest BCUT2D eigenvalue weighted by atomic mass is 9.89. The Morgan fingerprint density at radius 1 is 1.43 bits per heavy atom. The van der Waals surface area contributed by atoms with Crippen LogP contribution in [0.1, 0.15) is 26.2 Å². The van der Waals surface area contributed by atoms with Crippen molar-refractivity contribution >= 4 is 11.8 Å². The van der Waals surface area contributed by atoms with Crippen molar-refractivity contribution in [3.8, 4) is 0 Å². The van der Waals surface area contributed by atoms with Crippen molar-refractivity contribution in [1.29, 1.82) is 0 Å². The van der Waals surface area contributed by atoms with Crippen LogP contribution >= 0.6 is 11.8 Å². The summed E-state index contributed by atoms with van der Waals surface area (Å²) in [5, 5.41) is 0.717. The molecule has 3 aliphatic rings. The average Bonchev–Trinajstić information content (AvgIpc) is 2.57. The molecule has 0 bridgehead atoms. The third-order valence-corrected chi connectivity index (χ3v) is 4.54. The van der Waals surface area contributed by atoms with Crippen molar-refractivity contribution in [2.75, 3.05) is 0 Å². The first-order chi connectivity index (χ1) is 6.86. The summed E-state index contributed by atoms with van der Waals surface area (Å²) in [5.41, 5.74) is 4.76. The summed E-state index contributed by atoms with van der Waals surface area (Å²) < 4.78 is 0. The third kappa shape index (κ3) is 1.15. The fourth-order valence-electron chi connectivity index (χ4n) is 2.47. The van der Waals surface area contributed by atoms with E-state index >= 15 is 0 Å². The molecule has 14 heavy (non-hydrogen) atoms. The van der Waals surface area contributed by atoms with Crippen molar-refractivity contribution in [3.05, 3.63) is 45.9 Å². The molecule has 0 amide bonds. The van der Waals surface area contributed by atoms with Crippen molar-refractivity contribution in [2.24, 2.45) is 0 Å². The smallest absolute Gasteiger partial charge is 0.0385 e. The number of thioether (sulfide) groups is 1. The minimum atomic E-state index is 0.717. The molecule has 1 unspecified atom stereocenters. The Balaban J connectivity index is 2.13. The molecule has 1 heterocycles. The molecule has 0 nitrogen and oxygen atoms in total. The molecule has 3 rings (SSSR count). The lowest BCUT2D eigenvalue weighted by Gasteiger charge is -2.15. The van der Waals surface area contributed by atoms with Crippen molar-refractivity contribution in [3.63, 3.8) is 0 Å². The summed E-state index contributed by atoms with van der Waals surface area (Å²) >= 11 is 2.07. The zero-order chi connectivity index (χ0) is 9.54. The van der Waals surface area contributed by atoms with E-state index in [2.05, 4.69) is 43.0 Å². The van der Waals surface area contributed by atoms with Crippen LogP contribution in [-0.2, 0) is 0 Å². The Bertz CT molecular complexity index is 393. The second kappa shape index (κ2) is 3.16. The van der Waals surface area contributed by atoms with Gasteiger partial charge in [0.25, 0.3) is 0 Å². The summed E-state index contributed by atoms with van der Waals surface area (Å²) in [6, 6.07) is 0. The predicted octanol–water partition coefficient (Wildman–Crippen LogP) is 3.98. The maximum absolute atomic E-state index is 2.42. The number of rotatable bonds is 0. The van der Waals surface area contributed by atoms with Crippen LogP contribution in [0.5, 0.6) is 0 Å². The fraction of sp³-hybridized carbons (Fsp3) is 0.385. The molecule has 1 aliphatic heterocycles. The maximum atomic E-state index is 2.42. The molecule has 2 aliphatic carbocycles. The highest BCUT2D eigenvalue weighted by molar-refractivity contribution is 8.04.